The Balaban J connectivity index is 1.59. The molecule has 0 fully saturated rings. The van der Waals surface area contributed by atoms with Crippen LogP contribution < -0.4 is 10.0 Å². The van der Waals surface area contributed by atoms with Gasteiger partial charge in [-0.2, -0.15) is 4.73 Å². The Morgan fingerprint density at radius 2 is 2.08 bits per heavy atom. The van der Waals surface area contributed by atoms with Crippen molar-refractivity contribution in [2.75, 3.05) is 11.1 Å². The van der Waals surface area contributed by atoms with Crippen LogP contribution in [0.25, 0.3) is 11.3 Å². The maximum atomic E-state index is 12.9. The van der Waals surface area contributed by atoms with Gasteiger partial charge in [0.25, 0.3) is 5.03 Å². The molecule has 0 unspecified atom stereocenters. The van der Waals surface area contributed by atoms with Crippen LogP contribution in [0.2, 0.25) is 0 Å². The van der Waals surface area contributed by atoms with Crippen molar-refractivity contribution >= 4 is 34.1 Å². The van der Waals surface area contributed by atoms with Gasteiger partial charge in [0.2, 0.25) is 5.91 Å². The summed E-state index contributed by atoms with van der Waals surface area (Å²) < 4.78 is 13.6. The van der Waals surface area contributed by atoms with E-state index in [0.29, 0.717) is 20.6 Å². The molecule has 3 aromatic rings. The second kappa shape index (κ2) is 7.41. The SMILES string of the molecule is O=C(CSc1cccc[n+]1[O-])Nc1nc(-c2ccc(F)cc2)cs1. The van der Waals surface area contributed by atoms with E-state index < -0.39 is 0 Å². The molecule has 0 spiro atoms. The number of hydrogen-bond donors (Lipinski definition) is 1. The molecule has 24 heavy (non-hydrogen) atoms. The fourth-order valence-electron chi connectivity index (χ4n) is 1.90. The van der Waals surface area contributed by atoms with Crippen molar-refractivity contribution < 1.29 is 13.9 Å². The van der Waals surface area contributed by atoms with E-state index in [1.807, 2.05) is 0 Å². The largest absolute Gasteiger partial charge is 0.618 e. The Bertz CT molecular complexity index is 853. The van der Waals surface area contributed by atoms with Crippen LogP contribution in [0.5, 0.6) is 0 Å². The van der Waals surface area contributed by atoms with Crippen LogP contribution in [0.1, 0.15) is 0 Å². The van der Waals surface area contributed by atoms with Gasteiger partial charge in [-0.1, -0.05) is 0 Å². The first kappa shape index (κ1) is 16.4. The molecule has 1 amide bonds. The Morgan fingerprint density at radius 3 is 2.83 bits per heavy atom. The second-order valence-electron chi connectivity index (χ2n) is 4.75. The highest BCUT2D eigenvalue weighted by molar-refractivity contribution is 7.99. The fraction of sp³-hybridized carbons (Fsp3) is 0.0625. The smallest absolute Gasteiger partial charge is 0.251 e. The first-order chi connectivity index (χ1) is 11.6. The maximum absolute atomic E-state index is 12.9. The summed E-state index contributed by atoms with van der Waals surface area (Å²) in [5.41, 5.74) is 1.45. The van der Waals surface area contributed by atoms with Crippen LogP contribution in [0.4, 0.5) is 9.52 Å². The Kier molecular flexibility index (Phi) is 5.07. The van der Waals surface area contributed by atoms with E-state index in [-0.39, 0.29) is 17.5 Å². The minimum absolute atomic E-state index is 0.109. The number of rotatable bonds is 5. The highest BCUT2D eigenvalue weighted by atomic mass is 32.2. The number of thioether (sulfide) groups is 1. The summed E-state index contributed by atoms with van der Waals surface area (Å²) in [7, 11) is 0. The quantitative estimate of drug-likeness (QED) is 0.430. The average Bonchev–Trinajstić information content (AvgIpc) is 3.03. The molecule has 0 atom stereocenters. The predicted molar refractivity (Wildman–Crippen MR) is 92.3 cm³/mol. The highest BCUT2D eigenvalue weighted by Gasteiger charge is 2.11. The molecule has 2 heterocycles. The van der Waals surface area contributed by atoms with E-state index in [4.69, 9.17) is 0 Å². The normalized spacial score (nSPS) is 10.5. The van der Waals surface area contributed by atoms with Gasteiger partial charge in [-0.15, -0.1) is 11.3 Å². The average molecular weight is 361 g/mol. The second-order valence-corrected chi connectivity index (χ2v) is 6.60. The Labute approximate surface area is 145 Å². The van der Waals surface area contributed by atoms with Crippen molar-refractivity contribution in [2.45, 2.75) is 5.03 Å². The predicted octanol–water partition coefficient (Wildman–Crippen LogP) is 3.31. The van der Waals surface area contributed by atoms with Gasteiger partial charge in [-0.3, -0.25) is 4.79 Å². The molecule has 0 aliphatic carbocycles. The lowest BCUT2D eigenvalue weighted by Crippen LogP contribution is -2.28. The van der Waals surface area contributed by atoms with Gasteiger partial charge >= 0.3 is 0 Å². The molecule has 0 saturated carbocycles. The number of halogens is 1. The number of anilines is 1. The number of hydrogen-bond acceptors (Lipinski definition) is 5. The van der Waals surface area contributed by atoms with Crippen LogP contribution >= 0.6 is 23.1 Å². The standard InChI is InChI=1S/C16H12FN3O2S2/c17-12-6-4-11(5-7-12)13-9-24-16(18-13)19-14(21)10-23-15-3-1-2-8-20(15)22/h1-9H,10H2,(H,18,19,21). The topological polar surface area (TPSA) is 68.9 Å². The van der Waals surface area contributed by atoms with Crippen LogP contribution in [0, 0.1) is 11.0 Å². The number of benzene rings is 1. The molecule has 122 valence electrons. The summed E-state index contributed by atoms with van der Waals surface area (Å²) in [4.78, 5) is 16.3. The van der Waals surface area contributed by atoms with Gasteiger partial charge in [0.15, 0.2) is 11.3 Å². The molecule has 0 aliphatic rings. The molecule has 0 bridgehead atoms. The van der Waals surface area contributed by atoms with E-state index in [0.717, 1.165) is 17.3 Å². The van der Waals surface area contributed by atoms with Gasteiger partial charge < -0.3 is 10.5 Å². The number of nitrogens with one attached hydrogen (secondary N) is 1. The fourth-order valence-corrected chi connectivity index (χ4v) is 3.35. The number of nitrogens with zero attached hydrogens (tertiary/aromatic N) is 2. The summed E-state index contributed by atoms with van der Waals surface area (Å²) in [5, 5.41) is 16.9. The number of carbonyl (C=O) groups excluding carboxylic acids is 1. The highest BCUT2D eigenvalue weighted by Crippen LogP contribution is 2.25. The third kappa shape index (κ3) is 4.09. The monoisotopic (exact) mass is 361 g/mol. The van der Waals surface area contributed by atoms with Crippen LogP contribution in [-0.4, -0.2) is 16.6 Å². The van der Waals surface area contributed by atoms with Crippen molar-refractivity contribution in [3.05, 3.63) is 65.1 Å². The molecule has 0 aliphatic heterocycles. The lowest BCUT2D eigenvalue weighted by atomic mass is 10.2. The lowest BCUT2D eigenvalue weighted by molar-refractivity contribution is -0.645. The molecule has 1 N–H and O–H groups in total. The molecule has 5 nitrogen and oxygen atoms in total. The number of thiazole rings is 1. The molecule has 0 radical (unpaired) electrons. The van der Waals surface area contributed by atoms with E-state index in [1.54, 1.807) is 35.7 Å². The van der Waals surface area contributed by atoms with Crippen molar-refractivity contribution in [2.24, 2.45) is 0 Å². The first-order valence-electron chi connectivity index (χ1n) is 6.94. The van der Waals surface area contributed by atoms with Gasteiger partial charge in [0.1, 0.15) is 5.82 Å². The molecular weight excluding hydrogens is 349 g/mol. The van der Waals surface area contributed by atoms with Gasteiger partial charge in [0, 0.05) is 23.1 Å². The summed E-state index contributed by atoms with van der Waals surface area (Å²) >= 11 is 2.44. The first-order valence-corrected chi connectivity index (χ1v) is 8.80. The third-order valence-electron chi connectivity index (χ3n) is 3.03. The van der Waals surface area contributed by atoms with Gasteiger partial charge in [0.05, 0.1) is 11.4 Å². The summed E-state index contributed by atoms with van der Waals surface area (Å²) in [5.74, 6) is -0.447. The molecule has 3 rings (SSSR count). The van der Waals surface area contributed by atoms with Crippen molar-refractivity contribution in [3.63, 3.8) is 0 Å². The van der Waals surface area contributed by atoms with Crippen molar-refractivity contribution in [3.8, 4) is 11.3 Å². The van der Waals surface area contributed by atoms with E-state index in [9.17, 15) is 14.4 Å². The number of carbonyl (C=O) groups is 1. The zero-order valence-corrected chi connectivity index (χ0v) is 13.9. The van der Waals surface area contributed by atoms with Crippen LogP contribution in [0.3, 0.4) is 0 Å². The number of pyridine rings is 1. The van der Waals surface area contributed by atoms with E-state index in [2.05, 4.69) is 10.3 Å². The lowest BCUT2D eigenvalue weighted by Gasteiger charge is -2.03. The van der Waals surface area contributed by atoms with Crippen molar-refractivity contribution in [1.82, 2.24) is 4.98 Å². The zero-order chi connectivity index (χ0) is 16.9. The molecular formula is C16H12FN3O2S2. The number of amides is 1. The van der Waals surface area contributed by atoms with Crippen molar-refractivity contribution in [1.29, 1.82) is 0 Å². The molecule has 8 heteroatoms. The minimum Gasteiger partial charge on any atom is -0.618 e. The van der Waals surface area contributed by atoms with Crippen LogP contribution in [0.15, 0.2) is 59.1 Å². The summed E-state index contributed by atoms with van der Waals surface area (Å²) in [6.07, 6.45) is 1.38. The summed E-state index contributed by atoms with van der Waals surface area (Å²) in [6, 6.07) is 11.0. The van der Waals surface area contributed by atoms with Gasteiger partial charge in [-0.25, -0.2) is 9.37 Å². The zero-order valence-electron chi connectivity index (χ0n) is 12.3. The number of aromatic nitrogens is 2. The molecule has 2 aromatic heterocycles. The minimum atomic E-state index is -0.309. The Morgan fingerprint density at radius 1 is 1.29 bits per heavy atom. The van der Waals surface area contributed by atoms with E-state index >= 15 is 0 Å². The third-order valence-corrected chi connectivity index (χ3v) is 4.81. The summed E-state index contributed by atoms with van der Waals surface area (Å²) in [6.45, 7) is 0. The van der Waals surface area contributed by atoms with Crippen LogP contribution in [-0.2, 0) is 4.79 Å². The molecule has 1 aromatic carbocycles. The van der Waals surface area contributed by atoms with Gasteiger partial charge in [-0.05, 0) is 42.1 Å². The molecule has 0 saturated heterocycles. The van der Waals surface area contributed by atoms with E-state index in [1.165, 1.54) is 29.7 Å². The Hall–Kier alpha value is -2.45. The maximum Gasteiger partial charge on any atom is 0.251 e.